The van der Waals surface area contributed by atoms with Gasteiger partial charge in [-0.05, 0) is 30.3 Å². The van der Waals surface area contributed by atoms with Gasteiger partial charge in [0, 0.05) is 37.5 Å². The maximum Gasteiger partial charge on any atom is 0.269 e. The molecule has 132 valence electrons. The molecule has 1 amide bonds. The number of hydrogen-bond acceptors (Lipinski definition) is 5. The molecule has 0 aliphatic carbocycles. The van der Waals surface area contributed by atoms with Gasteiger partial charge in [-0.3, -0.25) is 14.9 Å². The third-order valence-corrected chi connectivity index (χ3v) is 5.12. The first-order valence-electron chi connectivity index (χ1n) is 6.91. The molecule has 0 bridgehead atoms. The van der Waals surface area contributed by atoms with Gasteiger partial charge in [-0.1, -0.05) is 0 Å². The van der Waals surface area contributed by atoms with Gasteiger partial charge in [0.1, 0.15) is 10.7 Å². The number of sulfonamides is 1. The minimum atomic E-state index is -4.05. The molecular formula is C15H14FN3O5S. The van der Waals surface area contributed by atoms with Crippen molar-refractivity contribution in [2.45, 2.75) is 4.90 Å². The fourth-order valence-electron chi connectivity index (χ4n) is 1.91. The van der Waals surface area contributed by atoms with Crippen LogP contribution in [0.4, 0.5) is 15.8 Å². The summed E-state index contributed by atoms with van der Waals surface area (Å²) < 4.78 is 38.8. The Bertz CT molecular complexity index is 927. The first kappa shape index (κ1) is 18.5. The van der Waals surface area contributed by atoms with E-state index in [-0.39, 0.29) is 16.9 Å². The average molecular weight is 367 g/mol. The molecule has 0 saturated heterocycles. The summed E-state index contributed by atoms with van der Waals surface area (Å²) in [6.45, 7) is 0. The lowest BCUT2D eigenvalue weighted by Crippen LogP contribution is -2.24. The minimum absolute atomic E-state index is 0.0693. The number of amides is 1. The Morgan fingerprint density at radius 1 is 1.16 bits per heavy atom. The van der Waals surface area contributed by atoms with Gasteiger partial charge >= 0.3 is 0 Å². The molecule has 25 heavy (non-hydrogen) atoms. The van der Waals surface area contributed by atoms with Crippen LogP contribution in [0.3, 0.4) is 0 Å². The first-order valence-corrected chi connectivity index (χ1v) is 8.35. The predicted octanol–water partition coefficient (Wildman–Crippen LogP) is 2.24. The van der Waals surface area contributed by atoms with Crippen molar-refractivity contribution in [3.63, 3.8) is 0 Å². The molecule has 0 aliphatic heterocycles. The number of non-ortho nitro benzene ring substituents is 1. The molecule has 2 aromatic rings. The SMILES string of the molecule is CN(C)S(=O)(=O)c1cc(C(=O)Nc2ccc([N+](=O)[O-])cc2)ccc1F. The number of carbonyl (C=O) groups is 1. The molecule has 2 rings (SSSR count). The van der Waals surface area contributed by atoms with Gasteiger partial charge < -0.3 is 5.32 Å². The van der Waals surface area contributed by atoms with Crippen LogP contribution < -0.4 is 5.32 Å². The van der Waals surface area contributed by atoms with Crippen molar-refractivity contribution < 1.29 is 22.5 Å². The summed E-state index contributed by atoms with van der Waals surface area (Å²) in [5.41, 5.74) is 0.0660. The lowest BCUT2D eigenvalue weighted by atomic mass is 10.2. The Balaban J connectivity index is 2.30. The quantitative estimate of drug-likeness (QED) is 0.644. The standard InChI is InChI=1S/C15H14FN3O5S/c1-18(2)25(23,24)14-9-10(3-8-13(14)16)15(20)17-11-4-6-12(7-5-11)19(21)22/h3-9H,1-2H3,(H,17,20). The zero-order chi connectivity index (χ0) is 18.8. The Labute approximate surface area is 143 Å². The molecule has 0 heterocycles. The summed E-state index contributed by atoms with van der Waals surface area (Å²) in [6, 6.07) is 8.05. The Kier molecular flexibility index (Phi) is 5.14. The van der Waals surface area contributed by atoms with Crippen molar-refractivity contribution >= 4 is 27.3 Å². The maximum atomic E-state index is 13.8. The predicted molar refractivity (Wildman–Crippen MR) is 88.3 cm³/mol. The lowest BCUT2D eigenvalue weighted by molar-refractivity contribution is -0.384. The topological polar surface area (TPSA) is 110 Å². The molecule has 10 heteroatoms. The van der Waals surface area contributed by atoms with Crippen LogP contribution in [0.5, 0.6) is 0 Å². The summed E-state index contributed by atoms with van der Waals surface area (Å²) in [4.78, 5) is 21.6. The molecule has 0 spiro atoms. The average Bonchev–Trinajstić information content (AvgIpc) is 2.55. The lowest BCUT2D eigenvalue weighted by Gasteiger charge is -2.13. The second-order valence-corrected chi connectivity index (χ2v) is 7.31. The van der Waals surface area contributed by atoms with E-state index in [2.05, 4.69) is 5.32 Å². The van der Waals surface area contributed by atoms with Crippen LogP contribution in [0.1, 0.15) is 10.4 Å². The van der Waals surface area contributed by atoms with E-state index in [0.29, 0.717) is 0 Å². The molecule has 0 unspecified atom stereocenters. The Morgan fingerprint density at radius 2 is 1.76 bits per heavy atom. The van der Waals surface area contributed by atoms with Crippen LogP contribution in [0.25, 0.3) is 0 Å². The van der Waals surface area contributed by atoms with E-state index in [1.807, 2.05) is 0 Å². The summed E-state index contributed by atoms with van der Waals surface area (Å²) >= 11 is 0. The molecule has 0 fully saturated rings. The van der Waals surface area contributed by atoms with Gasteiger partial charge in [0.15, 0.2) is 0 Å². The fraction of sp³-hybridized carbons (Fsp3) is 0.133. The van der Waals surface area contributed by atoms with Gasteiger partial charge in [0.2, 0.25) is 10.0 Å². The van der Waals surface area contributed by atoms with Crippen LogP contribution in [-0.2, 0) is 10.0 Å². The van der Waals surface area contributed by atoms with E-state index in [9.17, 15) is 27.7 Å². The molecule has 2 aromatic carbocycles. The highest BCUT2D eigenvalue weighted by Crippen LogP contribution is 2.21. The van der Waals surface area contributed by atoms with Crippen molar-refractivity contribution in [1.82, 2.24) is 4.31 Å². The van der Waals surface area contributed by atoms with Gasteiger partial charge in [-0.2, -0.15) is 0 Å². The van der Waals surface area contributed by atoms with E-state index in [1.165, 1.54) is 38.4 Å². The number of halogens is 1. The number of hydrogen-bond donors (Lipinski definition) is 1. The number of anilines is 1. The van der Waals surface area contributed by atoms with Crippen LogP contribution in [0.2, 0.25) is 0 Å². The van der Waals surface area contributed by atoms with E-state index >= 15 is 0 Å². The Morgan fingerprint density at radius 3 is 2.28 bits per heavy atom. The van der Waals surface area contributed by atoms with Crippen molar-refractivity contribution in [3.05, 3.63) is 64.0 Å². The number of nitro groups is 1. The van der Waals surface area contributed by atoms with Gasteiger partial charge in [-0.25, -0.2) is 17.1 Å². The third kappa shape index (κ3) is 3.98. The fourth-order valence-corrected chi connectivity index (χ4v) is 2.89. The molecule has 0 radical (unpaired) electrons. The number of rotatable bonds is 5. The zero-order valence-corrected chi connectivity index (χ0v) is 14.1. The van der Waals surface area contributed by atoms with Gasteiger partial charge in [0.25, 0.3) is 11.6 Å². The highest BCUT2D eigenvalue weighted by molar-refractivity contribution is 7.89. The summed E-state index contributed by atoms with van der Waals surface area (Å²) in [5.74, 6) is -1.65. The van der Waals surface area contributed by atoms with Crippen LogP contribution >= 0.6 is 0 Å². The third-order valence-electron chi connectivity index (χ3n) is 3.29. The van der Waals surface area contributed by atoms with Crippen molar-refractivity contribution in [2.24, 2.45) is 0 Å². The number of nitro benzene ring substituents is 1. The normalized spacial score (nSPS) is 11.4. The number of nitrogens with one attached hydrogen (secondary N) is 1. The number of benzene rings is 2. The van der Waals surface area contributed by atoms with Gasteiger partial charge in [0.05, 0.1) is 4.92 Å². The zero-order valence-electron chi connectivity index (χ0n) is 13.3. The smallest absolute Gasteiger partial charge is 0.269 e. The largest absolute Gasteiger partial charge is 0.322 e. The van der Waals surface area contributed by atoms with Crippen molar-refractivity contribution in [2.75, 3.05) is 19.4 Å². The molecule has 0 aliphatic rings. The van der Waals surface area contributed by atoms with Crippen molar-refractivity contribution in [3.8, 4) is 0 Å². The number of nitrogens with zero attached hydrogens (tertiary/aromatic N) is 2. The van der Waals surface area contributed by atoms with Crippen LogP contribution in [-0.4, -0.2) is 37.6 Å². The first-order chi connectivity index (χ1) is 11.6. The molecule has 0 saturated carbocycles. The monoisotopic (exact) mass is 367 g/mol. The summed E-state index contributed by atoms with van der Waals surface area (Å²) in [7, 11) is -1.55. The van der Waals surface area contributed by atoms with E-state index in [1.54, 1.807) is 0 Å². The van der Waals surface area contributed by atoms with Gasteiger partial charge in [-0.15, -0.1) is 0 Å². The highest BCUT2D eigenvalue weighted by atomic mass is 32.2. The maximum absolute atomic E-state index is 13.8. The van der Waals surface area contributed by atoms with E-state index < -0.39 is 31.6 Å². The summed E-state index contributed by atoms with van der Waals surface area (Å²) in [6.07, 6.45) is 0. The molecular weight excluding hydrogens is 353 g/mol. The molecule has 0 atom stereocenters. The minimum Gasteiger partial charge on any atom is -0.322 e. The van der Waals surface area contributed by atoms with Crippen LogP contribution in [0.15, 0.2) is 47.4 Å². The second kappa shape index (κ2) is 6.95. The number of carbonyl (C=O) groups excluding carboxylic acids is 1. The van der Waals surface area contributed by atoms with Crippen LogP contribution in [0, 0.1) is 15.9 Å². The van der Waals surface area contributed by atoms with E-state index in [0.717, 1.165) is 22.5 Å². The van der Waals surface area contributed by atoms with Crippen molar-refractivity contribution in [1.29, 1.82) is 0 Å². The summed E-state index contributed by atoms with van der Waals surface area (Å²) in [5, 5.41) is 13.1. The second-order valence-electron chi connectivity index (χ2n) is 5.19. The molecule has 8 nitrogen and oxygen atoms in total. The van der Waals surface area contributed by atoms with E-state index in [4.69, 9.17) is 0 Å². The Hall–Kier alpha value is -2.85. The molecule has 1 N–H and O–H groups in total. The molecule has 0 aromatic heterocycles. The highest BCUT2D eigenvalue weighted by Gasteiger charge is 2.23.